The summed E-state index contributed by atoms with van der Waals surface area (Å²) < 4.78 is 52.0. The lowest BCUT2D eigenvalue weighted by atomic mass is 10.0. The molecule has 0 atom stereocenters. The van der Waals surface area contributed by atoms with Crippen molar-refractivity contribution in [3.05, 3.63) is 35.3 Å². The van der Waals surface area contributed by atoms with Crippen LogP contribution >= 0.6 is 11.3 Å². The maximum absolute atomic E-state index is 12.6. The van der Waals surface area contributed by atoms with Crippen LogP contribution in [0.25, 0.3) is 10.6 Å². The SMILES string of the molecule is O=C(Cc1csc(-c2ccc(OC(F)(F)F)cc2)n1)N1CCC2(CC1)OCCO2. The fourth-order valence-corrected chi connectivity index (χ4v) is 4.30. The first-order valence-electron chi connectivity index (χ1n) is 9.18. The molecule has 2 aromatic rings. The smallest absolute Gasteiger partial charge is 0.406 e. The van der Waals surface area contributed by atoms with Gasteiger partial charge in [0.15, 0.2) is 5.79 Å². The second kappa shape index (κ2) is 7.92. The zero-order valence-electron chi connectivity index (χ0n) is 15.4. The van der Waals surface area contributed by atoms with E-state index in [1.54, 1.807) is 10.3 Å². The number of benzene rings is 1. The van der Waals surface area contributed by atoms with Crippen LogP contribution in [-0.2, 0) is 20.7 Å². The van der Waals surface area contributed by atoms with E-state index in [1.807, 2.05) is 0 Å². The number of thiazole rings is 1. The third-order valence-corrected chi connectivity index (χ3v) is 5.85. The van der Waals surface area contributed by atoms with Crippen LogP contribution in [0, 0.1) is 0 Å². The molecular formula is C19H19F3N2O4S. The third-order valence-electron chi connectivity index (χ3n) is 4.91. The molecular weight excluding hydrogens is 409 g/mol. The number of alkyl halides is 3. The predicted octanol–water partition coefficient (Wildman–Crippen LogP) is 3.62. The molecule has 2 aliphatic heterocycles. The zero-order valence-corrected chi connectivity index (χ0v) is 16.2. The van der Waals surface area contributed by atoms with Gasteiger partial charge in [0.1, 0.15) is 10.8 Å². The number of amides is 1. The Morgan fingerprint density at radius 1 is 1.17 bits per heavy atom. The average molecular weight is 428 g/mol. The molecule has 0 saturated carbocycles. The molecule has 2 fully saturated rings. The zero-order chi connectivity index (χ0) is 20.5. The molecule has 2 saturated heterocycles. The summed E-state index contributed by atoms with van der Waals surface area (Å²) in [6.45, 7) is 2.35. The first-order valence-corrected chi connectivity index (χ1v) is 10.1. The van der Waals surface area contributed by atoms with Crippen molar-refractivity contribution in [1.82, 2.24) is 9.88 Å². The molecule has 3 heterocycles. The average Bonchev–Trinajstić information content (AvgIpc) is 3.32. The Hall–Kier alpha value is -2.17. The van der Waals surface area contributed by atoms with Crippen LogP contribution in [0.1, 0.15) is 18.5 Å². The van der Waals surface area contributed by atoms with E-state index < -0.39 is 12.1 Å². The molecule has 0 unspecified atom stereocenters. The largest absolute Gasteiger partial charge is 0.573 e. The van der Waals surface area contributed by atoms with Crippen molar-refractivity contribution < 1.29 is 32.2 Å². The predicted molar refractivity (Wildman–Crippen MR) is 98.4 cm³/mol. The van der Waals surface area contributed by atoms with E-state index in [-0.39, 0.29) is 18.1 Å². The number of nitrogens with zero attached hydrogens (tertiary/aromatic N) is 2. The van der Waals surface area contributed by atoms with E-state index in [0.717, 1.165) is 0 Å². The number of carbonyl (C=O) groups excluding carboxylic acids is 1. The molecule has 156 valence electrons. The molecule has 1 amide bonds. The van der Waals surface area contributed by atoms with Gasteiger partial charge in [-0.3, -0.25) is 4.79 Å². The molecule has 29 heavy (non-hydrogen) atoms. The van der Waals surface area contributed by atoms with Crippen LogP contribution in [0.2, 0.25) is 0 Å². The fourth-order valence-electron chi connectivity index (χ4n) is 3.47. The number of aromatic nitrogens is 1. The number of ether oxygens (including phenoxy) is 3. The topological polar surface area (TPSA) is 60.9 Å². The number of hydrogen-bond donors (Lipinski definition) is 0. The Kier molecular flexibility index (Phi) is 5.50. The second-order valence-corrected chi connectivity index (χ2v) is 7.74. The monoisotopic (exact) mass is 428 g/mol. The van der Waals surface area contributed by atoms with Gasteiger partial charge in [0, 0.05) is 36.9 Å². The van der Waals surface area contributed by atoms with E-state index in [0.29, 0.717) is 55.4 Å². The molecule has 0 bridgehead atoms. The van der Waals surface area contributed by atoms with Gasteiger partial charge >= 0.3 is 6.36 Å². The molecule has 0 N–H and O–H groups in total. The minimum atomic E-state index is -4.72. The van der Waals surface area contributed by atoms with E-state index in [4.69, 9.17) is 9.47 Å². The summed E-state index contributed by atoms with van der Waals surface area (Å²) in [5.74, 6) is -0.818. The Labute approximate surface area is 169 Å². The van der Waals surface area contributed by atoms with Crippen molar-refractivity contribution in [2.24, 2.45) is 0 Å². The number of hydrogen-bond acceptors (Lipinski definition) is 6. The lowest BCUT2D eigenvalue weighted by molar-refractivity contribution is -0.274. The van der Waals surface area contributed by atoms with Gasteiger partial charge in [0.2, 0.25) is 5.91 Å². The van der Waals surface area contributed by atoms with E-state index in [9.17, 15) is 18.0 Å². The van der Waals surface area contributed by atoms with Crippen molar-refractivity contribution >= 4 is 17.2 Å². The highest BCUT2D eigenvalue weighted by atomic mass is 32.1. The fraction of sp³-hybridized carbons (Fsp3) is 0.474. The lowest BCUT2D eigenvalue weighted by Crippen LogP contribution is -2.47. The summed E-state index contributed by atoms with van der Waals surface area (Å²) in [5.41, 5.74) is 1.30. The number of likely N-dealkylation sites (tertiary alicyclic amines) is 1. The molecule has 6 nitrogen and oxygen atoms in total. The molecule has 2 aliphatic rings. The summed E-state index contributed by atoms with van der Waals surface area (Å²) in [5, 5.41) is 2.43. The van der Waals surface area contributed by atoms with Crippen LogP contribution in [0.3, 0.4) is 0 Å². The standard InChI is InChI=1S/C19H19F3N2O4S/c20-19(21,22)28-15-3-1-13(2-4-15)17-23-14(12-29-17)11-16(25)24-7-5-18(6-8-24)26-9-10-27-18/h1-4,12H,5-11H2. The molecule has 4 rings (SSSR count). The highest BCUT2D eigenvalue weighted by molar-refractivity contribution is 7.13. The highest BCUT2D eigenvalue weighted by Gasteiger charge is 2.40. The summed E-state index contributed by atoms with van der Waals surface area (Å²) in [6.07, 6.45) is -3.22. The van der Waals surface area contributed by atoms with Gasteiger partial charge in [-0.25, -0.2) is 4.98 Å². The number of piperidine rings is 1. The molecule has 1 aromatic carbocycles. The van der Waals surface area contributed by atoms with Gasteiger partial charge < -0.3 is 19.1 Å². The summed E-state index contributed by atoms with van der Waals surface area (Å²) in [7, 11) is 0. The van der Waals surface area contributed by atoms with Crippen LogP contribution in [0.4, 0.5) is 13.2 Å². The van der Waals surface area contributed by atoms with Crippen LogP contribution in [-0.4, -0.2) is 54.2 Å². The van der Waals surface area contributed by atoms with Crippen molar-refractivity contribution in [3.8, 4) is 16.3 Å². The number of rotatable bonds is 4. The maximum Gasteiger partial charge on any atom is 0.573 e. The summed E-state index contributed by atoms with van der Waals surface area (Å²) >= 11 is 1.34. The van der Waals surface area contributed by atoms with Crippen molar-refractivity contribution in [1.29, 1.82) is 0 Å². The summed E-state index contributed by atoms with van der Waals surface area (Å²) in [4.78, 5) is 18.8. The number of carbonyl (C=O) groups is 1. The van der Waals surface area contributed by atoms with Gasteiger partial charge in [-0.2, -0.15) is 0 Å². The number of halogens is 3. The van der Waals surface area contributed by atoms with Gasteiger partial charge in [-0.15, -0.1) is 24.5 Å². The van der Waals surface area contributed by atoms with Gasteiger partial charge in [-0.05, 0) is 24.3 Å². The first kappa shape index (κ1) is 20.1. The van der Waals surface area contributed by atoms with E-state index in [2.05, 4.69) is 9.72 Å². The second-order valence-electron chi connectivity index (χ2n) is 6.88. The molecule has 0 radical (unpaired) electrons. The Morgan fingerprint density at radius 3 is 2.45 bits per heavy atom. The quantitative estimate of drug-likeness (QED) is 0.745. The maximum atomic E-state index is 12.6. The van der Waals surface area contributed by atoms with Crippen molar-refractivity contribution in [2.45, 2.75) is 31.4 Å². The lowest BCUT2D eigenvalue weighted by Gasteiger charge is -2.37. The van der Waals surface area contributed by atoms with Crippen LogP contribution < -0.4 is 4.74 Å². The first-order chi connectivity index (χ1) is 13.8. The Bertz CT molecular complexity index is 853. The van der Waals surface area contributed by atoms with Crippen molar-refractivity contribution in [2.75, 3.05) is 26.3 Å². The minimum Gasteiger partial charge on any atom is -0.406 e. The Balaban J connectivity index is 1.34. The third kappa shape index (κ3) is 4.88. The highest BCUT2D eigenvalue weighted by Crippen LogP contribution is 2.32. The van der Waals surface area contributed by atoms with Crippen LogP contribution in [0.15, 0.2) is 29.6 Å². The van der Waals surface area contributed by atoms with Gasteiger partial charge in [-0.1, -0.05) is 0 Å². The normalized spacial score (nSPS) is 18.9. The molecule has 10 heteroatoms. The summed E-state index contributed by atoms with van der Waals surface area (Å²) in [6, 6.07) is 5.51. The Morgan fingerprint density at radius 2 is 1.83 bits per heavy atom. The molecule has 0 aliphatic carbocycles. The van der Waals surface area contributed by atoms with Gasteiger partial charge in [0.05, 0.1) is 25.3 Å². The van der Waals surface area contributed by atoms with Crippen LogP contribution in [0.5, 0.6) is 5.75 Å². The molecule has 1 spiro atoms. The van der Waals surface area contributed by atoms with E-state index >= 15 is 0 Å². The van der Waals surface area contributed by atoms with Crippen molar-refractivity contribution in [3.63, 3.8) is 0 Å². The molecule has 1 aromatic heterocycles. The minimum absolute atomic E-state index is 0.0105. The van der Waals surface area contributed by atoms with Gasteiger partial charge in [0.25, 0.3) is 0 Å². The van der Waals surface area contributed by atoms with E-state index in [1.165, 1.54) is 35.6 Å².